The monoisotopic (exact) mass is 251 g/mol. The second-order valence-corrected chi connectivity index (χ2v) is 5.71. The van der Waals surface area contributed by atoms with Crippen molar-refractivity contribution < 1.29 is 4.74 Å². The zero-order valence-electron chi connectivity index (χ0n) is 11.9. The first kappa shape index (κ1) is 13.4. The molecule has 1 aliphatic rings. The minimum Gasteiger partial charge on any atom is -0.379 e. The summed E-state index contributed by atoms with van der Waals surface area (Å²) in [4.78, 5) is 4.59. The van der Waals surface area contributed by atoms with E-state index in [1.54, 1.807) is 7.11 Å². The van der Waals surface area contributed by atoms with Crippen LogP contribution < -0.4 is 5.32 Å². The highest BCUT2D eigenvalue weighted by atomic mass is 16.5. The van der Waals surface area contributed by atoms with Crippen LogP contribution >= 0.6 is 0 Å². The van der Waals surface area contributed by atoms with E-state index in [4.69, 9.17) is 4.74 Å². The molecule has 0 aliphatic heterocycles. The first-order chi connectivity index (χ1) is 8.60. The van der Waals surface area contributed by atoms with Crippen molar-refractivity contribution in [2.75, 3.05) is 12.4 Å². The molecule has 1 aromatic heterocycles. The van der Waals surface area contributed by atoms with E-state index >= 15 is 0 Å². The third-order valence-electron chi connectivity index (χ3n) is 3.53. The lowest BCUT2D eigenvalue weighted by atomic mass is 10.2. The molecule has 102 valence electrons. The smallest absolute Gasteiger partial charge is 0.203 e. The number of hydrogen-bond acceptors (Lipinski definition) is 3. The molecule has 2 atom stereocenters. The van der Waals surface area contributed by atoms with Gasteiger partial charge in [-0.3, -0.25) is 0 Å². The topological polar surface area (TPSA) is 39.1 Å². The number of anilines is 1. The SMILES string of the molecule is COC1CCCC1Nc1nc(C)cn1CC(C)C. The molecule has 1 fully saturated rings. The van der Waals surface area contributed by atoms with E-state index in [0.717, 1.165) is 24.6 Å². The lowest BCUT2D eigenvalue weighted by molar-refractivity contribution is 0.101. The number of ether oxygens (including phenoxy) is 1. The standard InChI is InChI=1S/C14H25N3O/c1-10(2)8-17-9-11(3)15-14(17)16-12-6-5-7-13(12)18-4/h9-10,12-13H,5-8H2,1-4H3,(H,15,16). The van der Waals surface area contributed by atoms with Gasteiger partial charge in [-0.05, 0) is 32.1 Å². The molecule has 0 spiro atoms. The molecule has 18 heavy (non-hydrogen) atoms. The van der Waals surface area contributed by atoms with Crippen molar-refractivity contribution in [3.63, 3.8) is 0 Å². The average Bonchev–Trinajstić information content (AvgIpc) is 2.86. The summed E-state index contributed by atoms with van der Waals surface area (Å²) in [6.45, 7) is 7.51. The van der Waals surface area contributed by atoms with Gasteiger partial charge in [0.05, 0.1) is 17.8 Å². The number of hydrogen-bond donors (Lipinski definition) is 1. The molecule has 1 aromatic rings. The highest BCUT2D eigenvalue weighted by Crippen LogP contribution is 2.25. The lowest BCUT2D eigenvalue weighted by Crippen LogP contribution is -2.31. The number of nitrogens with one attached hydrogen (secondary N) is 1. The summed E-state index contributed by atoms with van der Waals surface area (Å²) in [5.74, 6) is 1.62. The number of aryl methyl sites for hydroxylation is 1. The van der Waals surface area contributed by atoms with Crippen molar-refractivity contribution in [1.29, 1.82) is 0 Å². The summed E-state index contributed by atoms with van der Waals surface area (Å²) in [6, 6.07) is 0.405. The van der Waals surface area contributed by atoms with Crippen molar-refractivity contribution in [2.45, 2.75) is 58.7 Å². The molecule has 2 unspecified atom stereocenters. The van der Waals surface area contributed by atoms with Gasteiger partial charge in [-0.1, -0.05) is 13.8 Å². The molecule has 0 radical (unpaired) electrons. The second-order valence-electron chi connectivity index (χ2n) is 5.71. The van der Waals surface area contributed by atoms with Gasteiger partial charge in [0.15, 0.2) is 0 Å². The van der Waals surface area contributed by atoms with E-state index in [-0.39, 0.29) is 0 Å². The highest BCUT2D eigenvalue weighted by Gasteiger charge is 2.28. The average molecular weight is 251 g/mol. The summed E-state index contributed by atoms with van der Waals surface area (Å²) in [5.41, 5.74) is 1.07. The Labute approximate surface area is 110 Å². The Hall–Kier alpha value is -1.03. The molecular weight excluding hydrogens is 226 g/mol. The number of methoxy groups -OCH3 is 1. The van der Waals surface area contributed by atoms with Gasteiger partial charge in [-0.25, -0.2) is 4.98 Å². The predicted octanol–water partition coefficient (Wildman–Crippen LogP) is 2.83. The zero-order valence-corrected chi connectivity index (χ0v) is 11.9. The fourth-order valence-corrected chi connectivity index (χ4v) is 2.73. The Morgan fingerprint density at radius 2 is 2.28 bits per heavy atom. The second kappa shape index (κ2) is 5.74. The minimum absolute atomic E-state index is 0.328. The maximum atomic E-state index is 5.52. The van der Waals surface area contributed by atoms with E-state index < -0.39 is 0 Å². The van der Waals surface area contributed by atoms with E-state index in [9.17, 15) is 0 Å². The van der Waals surface area contributed by atoms with Crippen LogP contribution in [0, 0.1) is 12.8 Å². The Morgan fingerprint density at radius 3 is 2.94 bits per heavy atom. The van der Waals surface area contributed by atoms with Crippen LogP contribution in [-0.2, 0) is 11.3 Å². The summed E-state index contributed by atoms with van der Waals surface area (Å²) < 4.78 is 7.75. The third-order valence-corrected chi connectivity index (χ3v) is 3.53. The summed E-state index contributed by atoms with van der Waals surface area (Å²) in [6.07, 6.45) is 6.01. The normalized spacial score (nSPS) is 23.8. The van der Waals surface area contributed by atoms with Crippen LogP contribution in [0.15, 0.2) is 6.20 Å². The maximum Gasteiger partial charge on any atom is 0.203 e. The van der Waals surface area contributed by atoms with Gasteiger partial charge in [-0.15, -0.1) is 0 Å². The lowest BCUT2D eigenvalue weighted by Gasteiger charge is -2.21. The summed E-state index contributed by atoms with van der Waals surface area (Å²) in [5, 5.41) is 3.56. The molecule has 1 aliphatic carbocycles. The number of aromatic nitrogens is 2. The molecule has 4 nitrogen and oxygen atoms in total. The summed E-state index contributed by atoms with van der Waals surface area (Å²) >= 11 is 0. The van der Waals surface area contributed by atoms with Crippen molar-refractivity contribution in [3.05, 3.63) is 11.9 Å². The van der Waals surface area contributed by atoms with E-state index in [1.165, 1.54) is 12.8 Å². The first-order valence-electron chi connectivity index (χ1n) is 6.93. The molecule has 4 heteroatoms. The van der Waals surface area contributed by atoms with Gasteiger partial charge < -0.3 is 14.6 Å². The van der Waals surface area contributed by atoms with Crippen LogP contribution in [0.3, 0.4) is 0 Å². The third kappa shape index (κ3) is 3.05. The fraction of sp³-hybridized carbons (Fsp3) is 0.786. The largest absolute Gasteiger partial charge is 0.379 e. The molecule has 0 aromatic carbocycles. The number of rotatable bonds is 5. The van der Waals surface area contributed by atoms with Gasteiger partial charge in [0.25, 0.3) is 0 Å². The van der Waals surface area contributed by atoms with Crippen molar-refractivity contribution >= 4 is 5.95 Å². The molecule has 1 N–H and O–H groups in total. The first-order valence-corrected chi connectivity index (χ1v) is 6.93. The fourth-order valence-electron chi connectivity index (χ4n) is 2.73. The van der Waals surface area contributed by atoms with Crippen molar-refractivity contribution in [3.8, 4) is 0 Å². The Kier molecular flexibility index (Phi) is 4.27. The Balaban J connectivity index is 2.08. The van der Waals surface area contributed by atoms with E-state index in [0.29, 0.717) is 18.1 Å². The van der Waals surface area contributed by atoms with E-state index in [1.807, 2.05) is 6.92 Å². The van der Waals surface area contributed by atoms with Crippen molar-refractivity contribution in [1.82, 2.24) is 9.55 Å². The van der Waals surface area contributed by atoms with Crippen LogP contribution in [0.2, 0.25) is 0 Å². The van der Waals surface area contributed by atoms with Gasteiger partial charge in [0.2, 0.25) is 5.95 Å². The Morgan fingerprint density at radius 1 is 1.50 bits per heavy atom. The molecule has 1 heterocycles. The van der Waals surface area contributed by atoms with Crippen molar-refractivity contribution in [2.24, 2.45) is 5.92 Å². The van der Waals surface area contributed by atoms with Crippen LogP contribution in [-0.4, -0.2) is 28.8 Å². The van der Waals surface area contributed by atoms with E-state index in [2.05, 4.69) is 34.9 Å². The number of imidazole rings is 1. The molecule has 0 bridgehead atoms. The van der Waals surface area contributed by atoms with Gasteiger partial charge in [0.1, 0.15) is 0 Å². The molecule has 2 rings (SSSR count). The molecule has 1 saturated carbocycles. The number of nitrogens with zero attached hydrogens (tertiary/aromatic N) is 2. The zero-order chi connectivity index (χ0) is 13.1. The van der Waals surface area contributed by atoms with Crippen LogP contribution in [0.5, 0.6) is 0 Å². The van der Waals surface area contributed by atoms with Gasteiger partial charge in [-0.2, -0.15) is 0 Å². The molecular formula is C14H25N3O. The molecule has 0 amide bonds. The van der Waals surface area contributed by atoms with Crippen LogP contribution in [0.4, 0.5) is 5.95 Å². The van der Waals surface area contributed by atoms with Crippen LogP contribution in [0.1, 0.15) is 38.8 Å². The highest BCUT2D eigenvalue weighted by molar-refractivity contribution is 5.31. The predicted molar refractivity (Wildman–Crippen MR) is 73.9 cm³/mol. The Bertz CT molecular complexity index is 386. The van der Waals surface area contributed by atoms with Gasteiger partial charge in [0, 0.05) is 19.9 Å². The van der Waals surface area contributed by atoms with Gasteiger partial charge >= 0.3 is 0 Å². The maximum absolute atomic E-state index is 5.52. The quantitative estimate of drug-likeness (QED) is 0.874. The van der Waals surface area contributed by atoms with Crippen LogP contribution in [0.25, 0.3) is 0 Å². The summed E-state index contributed by atoms with van der Waals surface area (Å²) in [7, 11) is 1.80. The minimum atomic E-state index is 0.328. The molecule has 0 saturated heterocycles.